The van der Waals surface area contributed by atoms with Crippen molar-refractivity contribution in [3.05, 3.63) is 41.0 Å². The lowest BCUT2D eigenvalue weighted by molar-refractivity contribution is -0.155. The quantitative estimate of drug-likeness (QED) is 0.525. The Morgan fingerprint density at radius 3 is 2.48 bits per heavy atom. The van der Waals surface area contributed by atoms with Crippen molar-refractivity contribution < 1.29 is 24.2 Å². The van der Waals surface area contributed by atoms with Crippen molar-refractivity contribution in [2.24, 2.45) is 0 Å². The van der Waals surface area contributed by atoms with Gasteiger partial charge in [0.15, 0.2) is 18.0 Å². The molecule has 0 unspecified atom stereocenters. The Kier molecular flexibility index (Phi) is 4.61. The molecule has 0 amide bonds. The zero-order chi connectivity index (χ0) is 17.4. The number of rotatable bonds is 4. The van der Waals surface area contributed by atoms with Gasteiger partial charge >= 0.3 is 5.97 Å². The normalized spacial score (nSPS) is 20.7. The average Bonchev–Trinajstić information content (AvgIpc) is 2.84. The van der Waals surface area contributed by atoms with E-state index < -0.39 is 23.8 Å². The predicted molar refractivity (Wildman–Crippen MR) is 85.4 cm³/mol. The number of hydrogen-bond donors (Lipinski definition) is 1. The number of allylic oxidation sites excluding steroid dienone is 1. The molecule has 0 saturated heterocycles. The van der Waals surface area contributed by atoms with Crippen molar-refractivity contribution >= 4 is 11.8 Å². The van der Waals surface area contributed by atoms with Crippen LogP contribution in [0.15, 0.2) is 29.8 Å². The van der Waals surface area contributed by atoms with Gasteiger partial charge in [0, 0.05) is 16.7 Å². The van der Waals surface area contributed by atoms with Crippen LogP contribution in [0.25, 0.3) is 0 Å². The average molecular weight is 318 g/mol. The third-order valence-corrected chi connectivity index (χ3v) is 3.94. The molecule has 2 atom stereocenters. The Balaban J connectivity index is 2.44. The summed E-state index contributed by atoms with van der Waals surface area (Å²) in [6.45, 7) is 8.06. The van der Waals surface area contributed by atoms with Crippen LogP contribution in [-0.2, 0) is 9.53 Å². The van der Waals surface area contributed by atoms with Gasteiger partial charge in [0.2, 0.25) is 0 Å². The van der Waals surface area contributed by atoms with E-state index in [1.165, 1.54) is 6.92 Å². The molecule has 1 aliphatic heterocycles. The Labute approximate surface area is 135 Å². The number of aliphatic hydroxyl groups is 1. The number of benzene rings is 1. The summed E-state index contributed by atoms with van der Waals surface area (Å²) < 4.78 is 11.3. The van der Waals surface area contributed by atoms with E-state index in [4.69, 9.17) is 9.47 Å². The Morgan fingerprint density at radius 2 is 1.96 bits per heavy atom. The Hall–Kier alpha value is -2.14. The van der Waals surface area contributed by atoms with Crippen LogP contribution < -0.4 is 4.74 Å². The topological polar surface area (TPSA) is 72.8 Å². The lowest BCUT2D eigenvalue weighted by Crippen LogP contribution is -2.43. The Bertz CT molecular complexity index is 666. The molecule has 1 aromatic rings. The first-order valence-electron chi connectivity index (χ1n) is 7.53. The van der Waals surface area contributed by atoms with Gasteiger partial charge in [-0.2, -0.15) is 0 Å². The molecule has 124 valence electrons. The minimum absolute atomic E-state index is 0.0887. The summed E-state index contributed by atoms with van der Waals surface area (Å²) in [6, 6.07) is 4.98. The predicted octanol–water partition coefficient (Wildman–Crippen LogP) is 2.97. The maximum atomic E-state index is 12.1. The van der Waals surface area contributed by atoms with Crippen LogP contribution in [0.2, 0.25) is 0 Å². The molecule has 0 spiro atoms. The number of ketones is 1. The molecule has 5 heteroatoms. The van der Waals surface area contributed by atoms with E-state index >= 15 is 0 Å². The molecule has 0 aliphatic carbocycles. The third kappa shape index (κ3) is 3.45. The molecule has 1 aliphatic rings. The molecule has 2 rings (SSSR count). The summed E-state index contributed by atoms with van der Waals surface area (Å²) in [7, 11) is 0. The highest BCUT2D eigenvalue weighted by Crippen LogP contribution is 2.43. The van der Waals surface area contributed by atoms with Crippen molar-refractivity contribution in [2.45, 2.75) is 52.4 Å². The molecule has 0 saturated carbocycles. The number of carbonyl (C=O) groups is 2. The highest BCUT2D eigenvalue weighted by atomic mass is 16.6. The van der Waals surface area contributed by atoms with Gasteiger partial charge in [-0.25, -0.2) is 4.79 Å². The molecule has 1 aromatic carbocycles. The van der Waals surface area contributed by atoms with Gasteiger partial charge in [0.25, 0.3) is 0 Å². The smallest absolute Gasteiger partial charge is 0.334 e. The number of fused-ring (bicyclic) bond motifs is 1. The molecular formula is C18H22O5. The lowest BCUT2D eigenvalue weighted by Gasteiger charge is -2.29. The van der Waals surface area contributed by atoms with Gasteiger partial charge in [-0.3, -0.25) is 4.79 Å². The van der Waals surface area contributed by atoms with Gasteiger partial charge in [-0.15, -0.1) is 0 Å². The van der Waals surface area contributed by atoms with Crippen molar-refractivity contribution in [3.8, 4) is 5.75 Å². The molecule has 5 nitrogen and oxygen atoms in total. The van der Waals surface area contributed by atoms with Crippen LogP contribution >= 0.6 is 0 Å². The fourth-order valence-electron chi connectivity index (χ4n) is 2.42. The lowest BCUT2D eigenvalue weighted by atomic mass is 9.93. The summed E-state index contributed by atoms with van der Waals surface area (Å²) in [5, 5.41) is 10.3. The molecule has 0 fully saturated rings. The van der Waals surface area contributed by atoms with Crippen LogP contribution in [0.5, 0.6) is 5.75 Å². The highest BCUT2D eigenvalue weighted by molar-refractivity contribution is 5.94. The van der Waals surface area contributed by atoms with E-state index in [2.05, 4.69) is 0 Å². The molecular weight excluding hydrogens is 296 g/mol. The number of carbonyl (C=O) groups excluding carboxylic acids is 2. The van der Waals surface area contributed by atoms with Gasteiger partial charge in [-0.1, -0.05) is 6.08 Å². The first-order valence-corrected chi connectivity index (χ1v) is 7.53. The van der Waals surface area contributed by atoms with Gasteiger partial charge in [-0.05, 0) is 52.8 Å². The highest BCUT2D eigenvalue weighted by Gasteiger charge is 2.46. The van der Waals surface area contributed by atoms with Crippen LogP contribution in [-0.4, -0.2) is 28.6 Å². The zero-order valence-electron chi connectivity index (χ0n) is 14.0. The molecule has 1 heterocycles. The number of Topliss-reactive ketones (excluding diaryl/α,β-unsaturated/α-hetero) is 1. The first-order chi connectivity index (χ1) is 10.6. The molecule has 0 aromatic heterocycles. The second kappa shape index (κ2) is 6.16. The minimum Gasteiger partial charge on any atom is -0.483 e. The summed E-state index contributed by atoms with van der Waals surface area (Å²) in [6.07, 6.45) is 0.143. The second-order valence-corrected chi connectivity index (χ2v) is 6.30. The number of ether oxygens (including phenoxy) is 2. The summed E-state index contributed by atoms with van der Waals surface area (Å²) in [5.41, 5.74) is 0.356. The Morgan fingerprint density at radius 1 is 1.30 bits per heavy atom. The third-order valence-electron chi connectivity index (χ3n) is 3.94. The van der Waals surface area contributed by atoms with E-state index in [1.807, 2.05) is 0 Å². The van der Waals surface area contributed by atoms with E-state index in [0.717, 1.165) is 0 Å². The molecule has 0 bridgehead atoms. The zero-order valence-corrected chi connectivity index (χ0v) is 14.0. The van der Waals surface area contributed by atoms with Crippen molar-refractivity contribution in [2.75, 3.05) is 0 Å². The van der Waals surface area contributed by atoms with E-state index in [0.29, 0.717) is 22.4 Å². The van der Waals surface area contributed by atoms with Gasteiger partial charge in [0.05, 0.1) is 5.60 Å². The summed E-state index contributed by atoms with van der Waals surface area (Å²) >= 11 is 0. The largest absolute Gasteiger partial charge is 0.483 e. The molecule has 23 heavy (non-hydrogen) atoms. The maximum Gasteiger partial charge on any atom is 0.334 e. The van der Waals surface area contributed by atoms with Crippen molar-refractivity contribution in [3.63, 3.8) is 0 Å². The monoisotopic (exact) mass is 318 g/mol. The van der Waals surface area contributed by atoms with E-state index in [1.54, 1.807) is 52.0 Å². The second-order valence-electron chi connectivity index (χ2n) is 6.30. The minimum atomic E-state index is -1.22. The van der Waals surface area contributed by atoms with Gasteiger partial charge < -0.3 is 14.6 Å². The van der Waals surface area contributed by atoms with Crippen LogP contribution in [0.4, 0.5) is 0 Å². The molecule has 0 radical (unpaired) electrons. The van der Waals surface area contributed by atoms with Crippen molar-refractivity contribution in [1.82, 2.24) is 0 Å². The standard InChI is InChI=1S/C18H22O5/c1-6-10(2)17(20)23-15-13-9-12(11(3)19)7-8-14(13)22-16(15)18(4,5)21/h6-9,15-16,21H,1-5H3/b10-6+/t15-,16+/m1/s1. The number of hydrogen-bond acceptors (Lipinski definition) is 5. The van der Waals surface area contributed by atoms with Crippen LogP contribution in [0.3, 0.4) is 0 Å². The molecule has 1 N–H and O–H groups in total. The van der Waals surface area contributed by atoms with Crippen LogP contribution in [0, 0.1) is 0 Å². The summed E-state index contributed by atoms with van der Waals surface area (Å²) in [4.78, 5) is 23.7. The number of esters is 1. The van der Waals surface area contributed by atoms with Crippen molar-refractivity contribution in [1.29, 1.82) is 0 Å². The van der Waals surface area contributed by atoms with E-state index in [9.17, 15) is 14.7 Å². The fraction of sp³-hybridized carbons (Fsp3) is 0.444. The van der Waals surface area contributed by atoms with Gasteiger partial charge in [0.1, 0.15) is 5.75 Å². The fourth-order valence-corrected chi connectivity index (χ4v) is 2.42. The first kappa shape index (κ1) is 17.2. The SMILES string of the molecule is C/C=C(\C)C(=O)O[C@@H]1c2cc(C(C)=O)ccc2O[C@@H]1C(C)(C)O. The summed E-state index contributed by atoms with van der Waals surface area (Å²) in [5.74, 6) is -0.0521. The van der Waals surface area contributed by atoms with E-state index in [-0.39, 0.29) is 5.78 Å². The maximum absolute atomic E-state index is 12.1. The van der Waals surface area contributed by atoms with Crippen LogP contribution in [0.1, 0.15) is 56.6 Å².